The Balaban J connectivity index is 2.15. The molecule has 0 fully saturated rings. The summed E-state index contributed by atoms with van der Waals surface area (Å²) in [5, 5.41) is 34.5. The minimum Gasteiger partial charge on any atom is -0.480 e. The number of hydrogen-bond donors (Lipinski definition) is 9. The van der Waals surface area contributed by atoms with Gasteiger partial charge in [0.15, 0.2) is 0 Å². The summed E-state index contributed by atoms with van der Waals surface area (Å²) in [4.78, 5) is 90.6. The van der Waals surface area contributed by atoms with E-state index in [1.54, 1.807) is 74.5 Å². The second-order valence-electron chi connectivity index (χ2n) is 14.0. The Bertz CT molecular complexity index is 1790. The topological polar surface area (TPSA) is 286 Å². The van der Waals surface area contributed by atoms with Gasteiger partial charge >= 0.3 is 5.97 Å². The molecule has 0 spiro atoms. The molecule has 56 heavy (non-hydrogen) atoms. The van der Waals surface area contributed by atoms with Crippen molar-refractivity contribution < 1.29 is 56.7 Å². The van der Waals surface area contributed by atoms with Crippen LogP contribution in [0.1, 0.15) is 52.7 Å². The number of hydrogen-bond acceptors (Lipinski definition) is 10. The molecule has 2 rings (SSSR count). The predicted octanol–water partition coefficient (Wildman–Crippen LogP) is -0.934. The van der Waals surface area contributed by atoms with Crippen LogP contribution in [0.3, 0.4) is 0 Å². The lowest BCUT2D eigenvalue weighted by atomic mass is 9.98. The number of carboxylic acids is 1. The van der Waals surface area contributed by atoms with E-state index in [1.807, 2.05) is 0 Å². The van der Waals surface area contributed by atoms with Crippen molar-refractivity contribution in [1.82, 2.24) is 31.9 Å². The molecule has 6 amide bonds. The summed E-state index contributed by atoms with van der Waals surface area (Å²) in [6.45, 7) is 8.70. The van der Waals surface area contributed by atoms with E-state index in [1.165, 1.54) is 20.8 Å². The minimum atomic E-state index is -4.89. The van der Waals surface area contributed by atoms with E-state index in [2.05, 4.69) is 31.9 Å². The third kappa shape index (κ3) is 15.8. The Morgan fingerprint density at radius 1 is 0.571 bits per heavy atom. The van der Waals surface area contributed by atoms with E-state index in [9.17, 15) is 56.7 Å². The lowest BCUT2D eigenvalue weighted by molar-refractivity contribution is -0.142. The molecule has 2 aromatic carbocycles. The van der Waals surface area contributed by atoms with Gasteiger partial charge in [-0.05, 0) is 36.8 Å². The van der Waals surface area contributed by atoms with Gasteiger partial charge in [-0.25, -0.2) is 4.79 Å². The first-order valence-corrected chi connectivity index (χ1v) is 19.5. The number of nitrogens with one attached hydrogen (secondary N) is 6. The average Bonchev–Trinajstić information content (AvgIpc) is 3.11. The number of carbonyl (C=O) groups excluding carboxylic acids is 6. The highest BCUT2D eigenvalue weighted by Crippen LogP contribution is 2.10. The molecule has 19 heteroatoms. The lowest BCUT2D eigenvalue weighted by Crippen LogP contribution is -2.62. The number of carboxylic acid groups (broad SMARTS) is 1. The molecule has 7 atom stereocenters. The van der Waals surface area contributed by atoms with E-state index in [4.69, 9.17) is 0 Å². The lowest BCUT2D eigenvalue weighted by Gasteiger charge is -2.29. The monoisotopic (exact) mass is 804 g/mol. The zero-order valence-corrected chi connectivity index (χ0v) is 32.8. The van der Waals surface area contributed by atoms with Gasteiger partial charge in [0.1, 0.15) is 42.0 Å². The first kappa shape index (κ1) is 46.8. The van der Waals surface area contributed by atoms with Gasteiger partial charge in [-0.1, -0.05) is 88.4 Å². The van der Waals surface area contributed by atoms with E-state index < -0.39 is 111 Å². The number of aliphatic hydroxyl groups is 1. The molecule has 2 aromatic rings. The molecular weight excluding hydrogens is 753 g/mol. The number of benzene rings is 2. The van der Waals surface area contributed by atoms with Gasteiger partial charge in [-0.3, -0.25) is 33.3 Å². The summed E-state index contributed by atoms with van der Waals surface area (Å²) < 4.78 is 33.3. The maximum absolute atomic E-state index is 13.3. The molecular formula is C37H52N6O12S. The van der Waals surface area contributed by atoms with Crippen molar-refractivity contribution in [2.24, 2.45) is 11.8 Å². The second-order valence-corrected chi connectivity index (χ2v) is 15.5. The van der Waals surface area contributed by atoms with Crippen LogP contribution >= 0.6 is 0 Å². The van der Waals surface area contributed by atoms with Gasteiger partial charge < -0.3 is 42.1 Å². The molecule has 0 bridgehead atoms. The Morgan fingerprint density at radius 3 is 1.52 bits per heavy atom. The first-order chi connectivity index (χ1) is 26.1. The molecule has 308 valence electrons. The highest BCUT2D eigenvalue weighted by molar-refractivity contribution is 7.85. The molecule has 0 saturated carbocycles. The predicted molar refractivity (Wildman–Crippen MR) is 203 cm³/mol. The molecule has 0 saturated heterocycles. The van der Waals surface area contributed by atoms with Crippen molar-refractivity contribution in [2.75, 3.05) is 5.75 Å². The van der Waals surface area contributed by atoms with Crippen molar-refractivity contribution in [3.05, 3.63) is 71.8 Å². The van der Waals surface area contributed by atoms with Gasteiger partial charge in [0.2, 0.25) is 35.4 Å². The van der Waals surface area contributed by atoms with Crippen LogP contribution in [-0.4, -0.2) is 113 Å². The van der Waals surface area contributed by atoms with Gasteiger partial charge in [0.05, 0.1) is 12.5 Å². The number of aliphatic carboxylic acids is 1. The maximum atomic E-state index is 13.3. The summed E-state index contributed by atoms with van der Waals surface area (Å²) in [5.74, 6) is -9.43. The molecule has 9 N–H and O–H groups in total. The van der Waals surface area contributed by atoms with E-state index in [-0.39, 0.29) is 12.8 Å². The molecule has 0 heterocycles. The van der Waals surface area contributed by atoms with Gasteiger partial charge in [0, 0.05) is 6.42 Å². The summed E-state index contributed by atoms with van der Waals surface area (Å²) in [6, 6.07) is 8.06. The highest BCUT2D eigenvalue weighted by Gasteiger charge is 2.36. The van der Waals surface area contributed by atoms with Gasteiger partial charge in [0.25, 0.3) is 10.1 Å². The van der Waals surface area contributed by atoms with E-state index in [0.29, 0.717) is 11.1 Å². The van der Waals surface area contributed by atoms with E-state index in [0.717, 1.165) is 6.92 Å². The highest BCUT2D eigenvalue weighted by atomic mass is 32.2. The molecule has 0 aliphatic carbocycles. The number of rotatable bonds is 21. The van der Waals surface area contributed by atoms with E-state index >= 15 is 0 Å². The molecule has 0 aliphatic heterocycles. The van der Waals surface area contributed by atoms with Crippen LogP contribution in [0, 0.1) is 11.8 Å². The number of amides is 6. The zero-order chi connectivity index (χ0) is 42.3. The summed E-state index contributed by atoms with van der Waals surface area (Å²) >= 11 is 0. The Labute approximate surface area is 325 Å². The average molecular weight is 805 g/mol. The molecule has 0 radical (unpaired) electrons. The standard InChI is InChI=1S/C37H52N6O12S/c1-20(2)29(42-28(44)18-25-15-11-8-12-16-25)35(49)41-27(19-56(53,54)55)34(48)38-23(6)33(47)43-30(31(45)21(3)4)36(50)39-22(5)32(46)40-26(37(51)52)17-24-13-9-7-10-14-24/h7-16,20-23,26-27,29-31,45H,17-19H2,1-6H3,(H,38,48)(H,39,50)(H,40,46)(H,41,49)(H,42,44)(H,43,47)(H,51,52)(H,53,54,55)/t22-,23+,26+,27+,29+,30-,31+/m1/s1. The zero-order valence-electron chi connectivity index (χ0n) is 32.0. The van der Waals surface area contributed by atoms with Crippen LogP contribution < -0.4 is 31.9 Å². The summed E-state index contributed by atoms with van der Waals surface area (Å²) in [7, 11) is -4.89. The minimum absolute atomic E-state index is 0.0463. The van der Waals surface area contributed by atoms with Crippen molar-refractivity contribution in [3.63, 3.8) is 0 Å². The van der Waals surface area contributed by atoms with Gasteiger partial charge in [-0.15, -0.1) is 0 Å². The fraction of sp³-hybridized carbons (Fsp3) is 0.486. The Morgan fingerprint density at radius 2 is 1.04 bits per heavy atom. The molecule has 0 aliphatic rings. The smallest absolute Gasteiger partial charge is 0.326 e. The largest absolute Gasteiger partial charge is 0.480 e. The normalized spacial score (nSPS) is 15.2. The third-order valence-electron chi connectivity index (χ3n) is 8.49. The first-order valence-electron chi connectivity index (χ1n) is 17.8. The van der Waals surface area contributed by atoms with Gasteiger partial charge in [-0.2, -0.15) is 8.42 Å². The third-order valence-corrected chi connectivity index (χ3v) is 9.24. The van der Waals surface area contributed by atoms with Crippen LogP contribution in [0.2, 0.25) is 0 Å². The molecule has 0 unspecified atom stereocenters. The number of carbonyl (C=O) groups is 7. The quantitative estimate of drug-likeness (QED) is 0.0692. The van der Waals surface area contributed by atoms with Crippen LogP contribution in [0.4, 0.5) is 0 Å². The van der Waals surface area contributed by atoms with Crippen molar-refractivity contribution in [2.45, 2.75) is 96.7 Å². The fourth-order valence-corrected chi connectivity index (χ4v) is 5.92. The second kappa shape index (κ2) is 21.6. The van der Waals surface area contributed by atoms with Crippen LogP contribution in [-0.2, 0) is 56.5 Å². The van der Waals surface area contributed by atoms with Crippen molar-refractivity contribution >= 4 is 51.5 Å². The van der Waals surface area contributed by atoms with Crippen molar-refractivity contribution in [1.29, 1.82) is 0 Å². The molecule has 0 aromatic heterocycles. The number of aliphatic hydroxyl groups excluding tert-OH is 1. The Hall–Kier alpha value is -5.40. The van der Waals surface area contributed by atoms with Crippen LogP contribution in [0.25, 0.3) is 0 Å². The summed E-state index contributed by atoms with van der Waals surface area (Å²) in [5.41, 5.74) is 1.29. The van der Waals surface area contributed by atoms with Crippen LogP contribution in [0.15, 0.2) is 60.7 Å². The van der Waals surface area contributed by atoms with Crippen LogP contribution in [0.5, 0.6) is 0 Å². The molecule has 18 nitrogen and oxygen atoms in total. The summed E-state index contributed by atoms with van der Waals surface area (Å²) in [6.07, 6.45) is -1.65. The SMILES string of the molecule is CC(C)[C@H](NC(=O)Cc1ccccc1)C(=O)N[C@@H](CS(=O)(=O)O)C(=O)N[C@@H](C)C(=O)N[C@@H](C(=O)N[C@H](C)C(=O)N[C@@H](Cc1ccccc1)C(=O)O)[C@@H](O)C(C)C. The van der Waals surface area contributed by atoms with Crippen molar-refractivity contribution in [3.8, 4) is 0 Å². The maximum Gasteiger partial charge on any atom is 0.326 e. The Kier molecular flexibility index (Phi) is 18.1. The fourth-order valence-electron chi connectivity index (χ4n) is 5.26.